The Morgan fingerprint density at radius 2 is 2.67 bits per heavy atom. The highest BCUT2D eigenvalue weighted by Gasteiger charge is 1.85. The first-order valence-electron chi connectivity index (χ1n) is 1.31. The molecule has 0 amide bonds. The molecule has 0 aliphatic heterocycles. The standard InChI is InChI=1S/C2HFN2O/c3-2-4-1-6-5-2/h1H. The average molecular weight is 88.0 g/mol. The zero-order valence-electron chi connectivity index (χ0n) is 2.76. The molecule has 0 aliphatic rings. The van der Waals surface area contributed by atoms with E-state index in [1.54, 1.807) is 0 Å². The summed E-state index contributed by atoms with van der Waals surface area (Å²) in [5.41, 5.74) is 0. The van der Waals surface area contributed by atoms with Gasteiger partial charge in [-0.2, -0.15) is 9.37 Å². The van der Waals surface area contributed by atoms with E-state index in [1.807, 2.05) is 0 Å². The van der Waals surface area contributed by atoms with Crippen molar-refractivity contribution >= 4 is 0 Å². The molecule has 0 fully saturated rings. The fraction of sp³-hybridized carbons (Fsp3) is 0. The summed E-state index contributed by atoms with van der Waals surface area (Å²) >= 11 is 0. The van der Waals surface area contributed by atoms with Gasteiger partial charge in [-0.3, -0.25) is 0 Å². The van der Waals surface area contributed by atoms with Gasteiger partial charge in [-0.25, -0.2) is 0 Å². The molecule has 1 aromatic rings. The van der Waals surface area contributed by atoms with Crippen LogP contribution in [0.25, 0.3) is 0 Å². The Bertz CT molecular complexity index is 115. The first kappa shape index (κ1) is 3.27. The normalized spacial score (nSPS) is 8.83. The minimum atomic E-state index is -0.824. The summed E-state index contributed by atoms with van der Waals surface area (Å²) in [4.78, 5) is 2.97. The maximum Gasteiger partial charge on any atom is 0.346 e. The molecule has 0 saturated carbocycles. The molecule has 1 heterocycles. The molecule has 4 heteroatoms. The summed E-state index contributed by atoms with van der Waals surface area (Å²) < 4.78 is 15.3. The van der Waals surface area contributed by atoms with Gasteiger partial charge in [0, 0.05) is 0 Å². The fourth-order valence-electron chi connectivity index (χ4n) is 0.158. The van der Waals surface area contributed by atoms with E-state index in [0.717, 1.165) is 6.39 Å². The van der Waals surface area contributed by atoms with Crippen molar-refractivity contribution in [3.8, 4) is 0 Å². The van der Waals surface area contributed by atoms with Crippen molar-refractivity contribution in [3.63, 3.8) is 0 Å². The second kappa shape index (κ2) is 1.04. The predicted molar refractivity (Wildman–Crippen MR) is 14.3 cm³/mol. The molecule has 0 spiro atoms. The SMILES string of the molecule is Fc1ncon1. The summed E-state index contributed by atoms with van der Waals surface area (Å²) in [7, 11) is 0. The van der Waals surface area contributed by atoms with E-state index in [1.165, 1.54) is 0 Å². The van der Waals surface area contributed by atoms with Crippen LogP contribution in [0.4, 0.5) is 4.39 Å². The molecule has 0 atom stereocenters. The van der Waals surface area contributed by atoms with Gasteiger partial charge >= 0.3 is 6.08 Å². The number of halogens is 1. The monoisotopic (exact) mass is 88.0 g/mol. The molecule has 3 nitrogen and oxygen atoms in total. The first-order chi connectivity index (χ1) is 2.89. The van der Waals surface area contributed by atoms with Gasteiger partial charge in [0.05, 0.1) is 0 Å². The minimum absolute atomic E-state index is 0.824. The predicted octanol–water partition coefficient (Wildman–Crippen LogP) is 0.209. The molecule has 0 bridgehead atoms. The summed E-state index contributed by atoms with van der Waals surface area (Å²) in [6.07, 6.45) is 0.102. The summed E-state index contributed by atoms with van der Waals surface area (Å²) in [6, 6.07) is 0. The van der Waals surface area contributed by atoms with Crippen LogP contribution in [-0.2, 0) is 0 Å². The van der Waals surface area contributed by atoms with E-state index in [0.29, 0.717) is 0 Å². The quantitative estimate of drug-likeness (QED) is 0.455. The summed E-state index contributed by atoms with van der Waals surface area (Å²) in [6.45, 7) is 0. The van der Waals surface area contributed by atoms with Gasteiger partial charge in [0.1, 0.15) is 0 Å². The van der Waals surface area contributed by atoms with E-state index in [2.05, 4.69) is 14.7 Å². The molecule has 0 aliphatic carbocycles. The van der Waals surface area contributed by atoms with E-state index < -0.39 is 6.08 Å². The van der Waals surface area contributed by atoms with Crippen LogP contribution in [0.1, 0.15) is 0 Å². The Hall–Kier alpha value is -0.930. The Kier molecular flexibility index (Phi) is 0.567. The van der Waals surface area contributed by atoms with Crippen LogP contribution in [0.5, 0.6) is 0 Å². The van der Waals surface area contributed by atoms with Crippen LogP contribution in [0, 0.1) is 6.08 Å². The lowest BCUT2D eigenvalue weighted by molar-refractivity contribution is 0.375. The third-order valence-electron chi connectivity index (χ3n) is 0.334. The molecule has 0 N–H and O–H groups in total. The van der Waals surface area contributed by atoms with Crippen LogP contribution < -0.4 is 0 Å². The van der Waals surface area contributed by atoms with Crippen molar-refractivity contribution in [2.75, 3.05) is 0 Å². The maximum absolute atomic E-state index is 11.4. The van der Waals surface area contributed by atoms with Crippen molar-refractivity contribution in [2.24, 2.45) is 0 Å². The zero-order valence-corrected chi connectivity index (χ0v) is 2.76. The molecule has 0 radical (unpaired) electrons. The smallest absolute Gasteiger partial charge is 0.340 e. The molecule has 0 aromatic carbocycles. The Balaban J connectivity index is 3.05. The highest BCUT2D eigenvalue weighted by molar-refractivity contribution is 4.44. The summed E-state index contributed by atoms with van der Waals surface area (Å²) in [5.74, 6) is 0. The van der Waals surface area contributed by atoms with Crippen molar-refractivity contribution in [3.05, 3.63) is 12.5 Å². The van der Waals surface area contributed by atoms with E-state index in [9.17, 15) is 4.39 Å². The van der Waals surface area contributed by atoms with E-state index in [-0.39, 0.29) is 0 Å². The van der Waals surface area contributed by atoms with Gasteiger partial charge in [0.2, 0.25) is 6.39 Å². The number of nitrogens with zero attached hydrogens (tertiary/aromatic N) is 2. The molecular formula is C2HFN2O. The molecule has 6 heavy (non-hydrogen) atoms. The van der Waals surface area contributed by atoms with Gasteiger partial charge < -0.3 is 4.52 Å². The van der Waals surface area contributed by atoms with E-state index >= 15 is 0 Å². The molecule has 0 unspecified atom stereocenters. The highest BCUT2D eigenvalue weighted by Crippen LogP contribution is 1.78. The van der Waals surface area contributed by atoms with Crippen molar-refractivity contribution in [1.29, 1.82) is 0 Å². The van der Waals surface area contributed by atoms with Gasteiger partial charge in [0.15, 0.2) is 0 Å². The fourth-order valence-corrected chi connectivity index (χ4v) is 0.158. The van der Waals surface area contributed by atoms with Crippen molar-refractivity contribution in [2.45, 2.75) is 0 Å². The van der Waals surface area contributed by atoms with Gasteiger partial charge in [-0.15, -0.1) is 0 Å². The lowest BCUT2D eigenvalue weighted by Gasteiger charge is -1.55. The third kappa shape index (κ3) is 0.357. The minimum Gasteiger partial charge on any atom is -0.340 e. The van der Waals surface area contributed by atoms with Crippen LogP contribution in [0.3, 0.4) is 0 Å². The van der Waals surface area contributed by atoms with Crippen molar-refractivity contribution < 1.29 is 8.91 Å². The average Bonchev–Trinajstić information content (AvgIpc) is 1.86. The lowest BCUT2D eigenvalue weighted by atomic mass is 11.3. The molecular weight excluding hydrogens is 87.0 g/mol. The Morgan fingerprint density at radius 1 is 1.83 bits per heavy atom. The first-order valence-corrected chi connectivity index (χ1v) is 1.31. The van der Waals surface area contributed by atoms with Crippen LogP contribution in [0.2, 0.25) is 0 Å². The van der Waals surface area contributed by atoms with Crippen LogP contribution in [0.15, 0.2) is 10.9 Å². The van der Waals surface area contributed by atoms with E-state index in [4.69, 9.17) is 0 Å². The van der Waals surface area contributed by atoms with Gasteiger partial charge in [-0.1, -0.05) is 0 Å². The Morgan fingerprint density at radius 3 is 2.83 bits per heavy atom. The third-order valence-corrected chi connectivity index (χ3v) is 0.334. The topological polar surface area (TPSA) is 38.9 Å². The van der Waals surface area contributed by atoms with Crippen LogP contribution in [-0.4, -0.2) is 10.1 Å². The zero-order chi connectivity index (χ0) is 4.41. The molecule has 0 saturated heterocycles. The number of hydrogen-bond acceptors (Lipinski definition) is 3. The van der Waals surface area contributed by atoms with Gasteiger partial charge in [0.25, 0.3) is 0 Å². The second-order valence-corrected chi connectivity index (χ2v) is 0.700. The van der Waals surface area contributed by atoms with Crippen LogP contribution >= 0.6 is 0 Å². The number of rotatable bonds is 0. The number of hydrogen-bond donors (Lipinski definition) is 0. The maximum atomic E-state index is 11.4. The molecule has 32 valence electrons. The molecule has 1 aromatic heterocycles. The largest absolute Gasteiger partial charge is 0.346 e. The van der Waals surface area contributed by atoms with Gasteiger partial charge in [-0.05, 0) is 5.16 Å². The second-order valence-electron chi connectivity index (χ2n) is 0.700. The lowest BCUT2D eigenvalue weighted by Crippen LogP contribution is -1.68. The number of aromatic nitrogens is 2. The Labute approximate surface area is 32.8 Å². The summed E-state index contributed by atoms with van der Waals surface area (Å²) in [5, 5.41) is 2.76. The van der Waals surface area contributed by atoms with Crippen molar-refractivity contribution in [1.82, 2.24) is 10.1 Å². The molecule has 1 rings (SSSR count). The highest BCUT2D eigenvalue weighted by atomic mass is 19.1.